The van der Waals surface area contributed by atoms with Crippen molar-refractivity contribution in [2.45, 2.75) is 19.4 Å². The smallest absolute Gasteiger partial charge is 0.246 e. The maximum atomic E-state index is 12.3. The summed E-state index contributed by atoms with van der Waals surface area (Å²) in [5.41, 5.74) is 9.94. The molecule has 0 saturated carbocycles. The van der Waals surface area contributed by atoms with Gasteiger partial charge in [0.15, 0.2) is 0 Å². The van der Waals surface area contributed by atoms with Crippen molar-refractivity contribution in [2.75, 3.05) is 18.8 Å². The number of carbonyl (C=O) groups is 1. The lowest BCUT2D eigenvalue weighted by molar-refractivity contribution is -0.125. The van der Waals surface area contributed by atoms with E-state index in [1.165, 1.54) is 6.33 Å². The lowest BCUT2D eigenvalue weighted by Crippen LogP contribution is -2.27. The number of aromatic nitrogens is 4. The van der Waals surface area contributed by atoms with Gasteiger partial charge in [0.05, 0.1) is 16.9 Å². The zero-order valence-corrected chi connectivity index (χ0v) is 16.7. The molecule has 0 unspecified atom stereocenters. The van der Waals surface area contributed by atoms with Gasteiger partial charge in [-0.1, -0.05) is 24.3 Å². The van der Waals surface area contributed by atoms with Gasteiger partial charge in [-0.15, -0.1) is 0 Å². The van der Waals surface area contributed by atoms with E-state index in [2.05, 4.69) is 31.8 Å². The van der Waals surface area contributed by atoms with Crippen LogP contribution in [0.1, 0.15) is 19.4 Å². The minimum atomic E-state index is 0.0459. The summed E-state index contributed by atoms with van der Waals surface area (Å²) in [4.78, 5) is 27.5. The van der Waals surface area contributed by atoms with Crippen LogP contribution in [0.4, 0.5) is 5.82 Å². The second kappa shape index (κ2) is 7.26. The molecule has 150 valence electrons. The first-order valence-electron chi connectivity index (χ1n) is 10.0. The predicted molar refractivity (Wildman–Crippen MR) is 118 cm³/mol. The number of carbonyl (C=O) groups excluding carboxylic acids is 1. The number of nitrogens with zero attached hydrogens (tertiary/aromatic N) is 5. The standard InChI is InChI=1S/C23H22N6O/c1-2-5-20(30)28-9-8-17(12-28)29-13-18(21-22(24)26-14-27-23(21)29)16-10-15-6-3-4-7-19(15)25-11-16/h2-7,10-11,13-14,17H,8-9,12H2,1H3,(H2,24,26,27)/t17-/m1/s1. The van der Waals surface area contributed by atoms with Gasteiger partial charge in [-0.3, -0.25) is 9.78 Å². The number of para-hydroxylation sites is 1. The molecule has 1 saturated heterocycles. The summed E-state index contributed by atoms with van der Waals surface area (Å²) in [5, 5.41) is 1.89. The zero-order chi connectivity index (χ0) is 20.7. The van der Waals surface area contributed by atoms with Gasteiger partial charge in [-0.25, -0.2) is 9.97 Å². The number of hydrogen-bond acceptors (Lipinski definition) is 5. The number of nitrogen functional groups attached to an aromatic ring is 1. The van der Waals surface area contributed by atoms with Crippen LogP contribution in [-0.2, 0) is 4.79 Å². The quantitative estimate of drug-likeness (QED) is 0.533. The van der Waals surface area contributed by atoms with E-state index in [0.29, 0.717) is 12.4 Å². The van der Waals surface area contributed by atoms with Crippen LogP contribution < -0.4 is 5.73 Å². The average Bonchev–Trinajstić information content (AvgIpc) is 3.39. The van der Waals surface area contributed by atoms with E-state index in [4.69, 9.17) is 5.73 Å². The summed E-state index contributed by atoms with van der Waals surface area (Å²) in [6.07, 6.45) is 9.70. The fourth-order valence-corrected chi connectivity index (χ4v) is 4.24. The van der Waals surface area contributed by atoms with Crippen molar-refractivity contribution in [2.24, 2.45) is 0 Å². The minimum absolute atomic E-state index is 0.0459. The fourth-order valence-electron chi connectivity index (χ4n) is 4.24. The van der Waals surface area contributed by atoms with Gasteiger partial charge >= 0.3 is 0 Å². The molecule has 0 bridgehead atoms. The number of benzene rings is 1. The van der Waals surface area contributed by atoms with Crippen molar-refractivity contribution in [1.82, 2.24) is 24.4 Å². The van der Waals surface area contributed by atoms with E-state index in [9.17, 15) is 4.79 Å². The lowest BCUT2D eigenvalue weighted by Gasteiger charge is -2.16. The number of hydrogen-bond donors (Lipinski definition) is 1. The second-order valence-corrected chi connectivity index (χ2v) is 7.55. The Hall–Kier alpha value is -3.74. The Bertz CT molecular complexity index is 1290. The number of amides is 1. The van der Waals surface area contributed by atoms with Crippen molar-refractivity contribution in [1.29, 1.82) is 0 Å². The first kappa shape index (κ1) is 18.3. The van der Waals surface area contributed by atoms with E-state index in [0.717, 1.165) is 46.0 Å². The molecule has 1 aromatic carbocycles. The Kier molecular flexibility index (Phi) is 4.43. The second-order valence-electron chi connectivity index (χ2n) is 7.55. The number of rotatable bonds is 3. The highest BCUT2D eigenvalue weighted by molar-refractivity contribution is 6.01. The lowest BCUT2D eigenvalue weighted by atomic mass is 10.1. The molecule has 1 atom stereocenters. The highest BCUT2D eigenvalue weighted by Crippen LogP contribution is 2.36. The first-order valence-corrected chi connectivity index (χ1v) is 10.0. The van der Waals surface area contributed by atoms with Crippen molar-refractivity contribution < 1.29 is 4.79 Å². The van der Waals surface area contributed by atoms with E-state index in [-0.39, 0.29) is 11.9 Å². The number of allylic oxidation sites excluding steroid dienone is 1. The first-order chi connectivity index (χ1) is 14.7. The number of fused-ring (bicyclic) bond motifs is 2. The fraction of sp³-hybridized carbons (Fsp3) is 0.217. The maximum absolute atomic E-state index is 12.3. The van der Waals surface area contributed by atoms with E-state index >= 15 is 0 Å². The summed E-state index contributed by atoms with van der Waals surface area (Å²) in [6.45, 7) is 3.22. The maximum Gasteiger partial charge on any atom is 0.246 e. The van der Waals surface area contributed by atoms with Gasteiger partial charge in [0.2, 0.25) is 5.91 Å². The van der Waals surface area contributed by atoms with Gasteiger partial charge in [0.1, 0.15) is 17.8 Å². The molecule has 0 aliphatic carbocycles. The molecule has 4 aromatic rings. The third-order valence-electron chi connectivity index (χ3n) is 5.72. The van der Waals surface area contributed by atoms with Crippen LogP contribution in [0, 0.1) is 0 Å². The summed E-state index contributed by atoms with van der Waals surface area (Å²) in [6, 6.07) is 10.3. The molecular formula is C23H22N6O. The predicted octanol–water partition coefficient (Wildman–Crippen LogP) is 3.58. The average molecular weight is 398 g/mol. The molecule has 1 aliphatic rings. The number of likely N-dealkylation sites (tertiary alicyclic amines) is 1. The molecule has 2 N–H and O–H groups in total. The largest absolute Gasteiger partial charge is 0.383 e. The molecule has 0 radical (unpaired) electrons. The molecule has 30 heavy (non-hydrogen) atoms. The Balaban J connectivity index is 1.61. The third-order valence-corrected chi connectivity index (χ3v) is 5.72. The molecule has 1 amide bonds. The number of nitrogens with two attached hydrogens (primary N) is 1. The number of anilines is 1. The van der Waals surface area contributed by atoms with Crippen LogP contribution in [0.5, 0.6) is 0 Å². The highest BCUT2D eigenvalue weighted by Gasteiger charge is 2.29. The van der Waals surface area contributed by atoms with Crippen LogP contribution in [0.25, 0.3) is 33.1 Å². The molecule has 0 spiro atoms. The van der Waals surface area contributed by atoms with Gasteiger partial charge in [-0.05, 0) is 31.6 Å². The van der Waals surface area contributed by atoms with Gasteiger partial charge in [-0.2, -0.15) is 0 Å². The molecule has 1 fully saturated rings. The van der Waals surface area contributed by atoms with Crippen LogP contribution in [-0.4, -0.2) is 43.4 Å². The van der Waals surface area contributed by atoms with E-state index in [1.807, 2.05) is 42.3 Å². The van der Waals surface area contributed by atoms with Gasteiger partial charge in [0, 0.05) is 42.0 Å². The van der Waals surface area contributed by atoms with Gasteiger partial charge in [0.25, 0.3) is 0 Å². The topological polar surface area (TPSA) is 89.9 Å². The molecule has 3 aromatic heterocycles. The summed E-state index contributed by atoms with van der Waals surface area (Å²) in [5.74, 6) is 0.492. The van der Waals surface area contributed by atoms with Crippen molar-refractivity contribution in [3.05, 3.63) is 61.2 Å². The molecular weight excluding hydrogens is 376 g/mol. The summed E-state index contributed by atoms with van der Waals surface area (Å²) < 4.78 is 2.14. The Labute approximate surface area is 173 Å². The van der Waals surface area contributed by atoms with Gasteiger partial charge < -0.3 is 15.2 Å². The molecule has 7 nitrogen and oxygen atoms in total. The van der Waals surface area contributed by atoms with Crippen LogP contribution in [0.2, 0.25) is 0 Å². The Morgan fingerprint density at radius 2 is 2.10 bits per heavy atom. The van der Waals surface area contributed by atoms with Crippen LogP contribution >= 0.6 is 0 Å². The van der Waals surface area contributed by atoms with Crippen molar-refractivity contribution in [3.8, 4) is 11.1 Å². The van der Waals surface area contributed by atoms with Crippen molar-refractivity contribution in [3.63, 3.8) is 0 Å². The zero-order valence-electron chi connectivity index (χ0n) is 16.7. The third kappa shape index (κ3) is 2.99. The molecule has 4 heterocycles. The molecule has 5 rings (SSSR count). The summed E-state index contributed by atoms with van der Waals surface area (Å²) >= 11 is 0. The Morgan fingerprint density at radius 1 is 1.23 bits per heavy atom. The highest BCUT2D eigenvalue weighted by atomic mass is 16.2. The van der Waals surface area contributed by atoms with E-state index < -0.39 is 0 Å². The van der Waals surface area contributed by atoms with Crippen LogP contribution in [0.15, 0.2) is 61.2 Å². The SMILES string of the molecule is CC=CC(=O)N1CC[C@@H](n2cc(-c3cnc4ccccc4c3)c3c(N)ncnc32)C1. The van der Waals surface area contributed by atoms with Crippen molar-refractivity contribution >= 4 is 33.7 Å². The number of pyridine rings is 1. The van der Waals surface area contributed by atoms with Crippen LogP contribution in [0.3, 0.4) is 0 Å². The minimum Gasteiger partial charge on any atom is -0.383 e. The summed E-state index contributed by atoms with van der Waals surface area (Å²) in [7, 11) is 0. The monoisotopic (exact) mass is 398 g/mol. The Morgan fingerprint density at radius 3 is 2.97 bits per heavy atom. The molecule has 1 aliphatic heterocycles. The normalized spacial score (nSPS) is 16.8. The molecule has 7 heteroatoms. The van der Waals surface area contributed by atoms with E-state index in [1.54, 1.807) is 12.2 Å².